The van der Waals surface area contributed by atoms with E-state index in [1.807, 2.05) is 54.6 Å². The third-order valence-electron chi connectivity index (χ3n) is 5.25. The monoisotopic (exact) mass is 474 g/mol. The van der Waals surface area contributed by atoms with Crippen LogP contribution in [0.4, 0.5) is 10.6 Å². The lowest BCUT2D eigenvalue weighted by molar-refractivity contribution is -0.136. The van der Waals surface area contributed by atoms with Crippen molar-refractivity contribution in [2.45, 2.75) is 19.4 Å². The molecule has 0 bridgehead atoms. The summed E-state index contributed by atoms with van der Waals surface area (Å²) in [5.41, 5.74) is 4.03. The van der Waals surface area contributed by atoms with Crippen molar-refractivity contribution >= 4 is 29.2 Å². The summed E-state index contributed by atoms with van der Waals surface area (Å²) in [6.07, 6.45) is -1.12. The molecule has 1 aromatic heterocycles. The molecule has 4 aromatic rings. The number of nitrogens with one attached hydrogen (secondary N) is 1. The predicted molar refractivity (Wildman–Crippen MR) is 132 cm³/mol. The maximum Gasteiger partial charge on any atom is 0.413 e. The number of rotatable bonds is 7. The quantitative estimate of drug-likeness (QED) is 0.368. The molecule has 0 fully saturated rings. The Bertz CT molecular complexity index is 1340. The van der Waals surface area contributed by atoms with Crippen molar-refractivity contribution in [3.8, 4) is 16.8 Å². The molecule has 1 amide bonds. The number of thiazole rings is 1. The van der Waals surface area contributed by atoms with Crippen LogP contribution in [0.25, 0.3) is 16.8 Å². The first-order valence-corrected chi connectivity index (χ1v) is 11.4. The maximum atomic E-state index is 12.5. The van der Waals surface area contributed by atoms with Gasteiger partial charge < -0.3 is 9.84 Å². The zero-order valence-electron chi connectivity index (χ0n) is 18.3. The molecule has 0 radical (unpaired) electrons. The van der Waals surface area contributed by atoms with Gasteiger partial charge in [0.05, 0.1) is 12.1 Å². The Labute approximate surface area is 199 Å². The molecule has 2 N–H and O–H groups in total. The minimum absolute atomic E-state index is 0.0252. The zero-order valence-corrected chi connectivity index (χ0v) is 19.1. The van der Waals surface area contributed by atoms with Gasteiger partial charge in [0, 0.05) is 5.38 Å². The second kappa shape index (κ2) is 10.2. The van der Waals surface area contributed by atoms with Gasteiger partial charge in [0.25, 0.3) is 0 Å². The van der Waals surface area contributed by atoms with Crippen LogP contribution >= 0.6 is 11.3 Å². The van der Waals surface area contributed by atoms with Crippen LogP contribution in [0.2, 0.25) is 0 Å². The molecule has 0 aliphatic carbocycles. The highest BCUT2D eigenvalue weighted by Crippen LogP contribution is 2.24. The second-order valence-corrected chi connectivity index (χ2v) is 8.44. The van der Waals surface area contributed by atoms with E-state index in [9.17, 15) is 14.4 Å². The van der Waals surface area contributed by atoms with Crippen LogP contribution in [-0.2, 0) is 16.0 Å². The Morgan fingerprint density at radius 2 is 1.59 bits per heavy atom. The largest absolute Gasteiger partial charge is 0.481 e. The predicted octanol–water partition coefficient (Wildman–Crippen LogP) is 5.50. The highest BCUT2D eigenvalue weighted by atomic mass is 32.1. The van der Waals surface area contributed by atoms with Gasteiger partial charge in [-0.3, -0.25) is 19.5 Å². The number of hydrogen-bond acceptors (Lipinski definition) is 5. The maximum absolute atomic E-state index is 12.5. The Kier molecular flexibility index (Phi) is 6.89. The van der Waals surface area contributed by atoms with Crippen molar-refractivity contribution in [1.29, 1.82) is 0 Å². The highest BCUT2D eigenvalue weighted by Gasteiger charge is 2.16. The van der Waals surface area contributed by atoms with Crippen LogP contribution in [0, 0.1) is 0 Å². The fourth-order valence-corrected chi connectivity index (χ4v) is 4.21. The van der Waals surface area contributed by atoms with E-state index in [0.29, 0.717) is 11.5 Å². The number of carbonyl (C=O) groups is 2. The fraction of sp³-hybridized carbons (Fsp3) is 0.115. The molecule has 1 unspecified atom stereocenters. The standard InChI is InChI=1S/C26H22N2O5S/c1-17(19-5-3-2-4-6-19)33-25(31)27-23-16-34-26(32)28(23)22-13-11-21(12-14-22)20-9-7-18(8-10-20)15-24(29)30/h2-14,16-17H,15H2,1H3,(H,27,31)(H,29,30). The van der Waals surface area contributed by atoms with E-state index in [0.717, 1.165) is 33.6 Å². The first-order valence-electron chi connectivity index (χ1n) is 10.6. The normalized spacial score (nSPS) is 11.6. The summed E-state index contributed by atoms with van der Waals surface area (Å²) in [5, 5.41) is 13.1. The summed E-state index contributed by atoms with van der Waals surface area (Å²) in [6, 6.07) is 24.0. The van der Waals surface area contributed by atoms with Crippen molar-refractivity contribution in [2.24, 2.45) is 0 Å². The average molecular weight is 475 g/mol. The third-order valence-corrected chi connectivity index (χ3v) is 5.97. The molecule has 1 atom stereocenters. The van der Waals surface area contributed by atoms with Crippen molar-refractivity contribution in [3.63, 3.8) is 0 Å². The molecular formula is C26H22N2O5S. The number of ether oxygens (including phenoxy) is 1. The summed E-state index contributed by atoms with van der Waals surface area (Å²) >= 11 is 0.979. The molecule has 0 spiro atoms. The minimum Gasteiger partial charge on any atom is -0.481 e. The number of carboxylic acids is 1. The molecule has 1 heterocycles. The zero-order chi connectivity index (χ0) is 24.1. The van der Waals surface area contributed by atoms with Crippen LogP contribution in [0.1, 0.15) is 24.2 Å². The van der Waals surface area contributed by atoms with Gasteiger partial charge in [-0.1, -0.05) is 78.1 Å². The smallest absolute Gasteiger partial charge is 0.413 e. The molecule has 0 saturated heterocycles. The van der Waals surface area contributed by atoms with Gasteiger partial charge in [-0.25, -0.2) is 4.79 Å². The van der Waals surface area contributed by atoms with E-state index in [4.69, 9.17) is 9.84 Å². The van der Waals surface area contributed by atoms with E-state index in [1.54, 1.807) is 36.6 Å². The Hall–Kier alpha value is -4.17. The van der Waals surface area contributed by atoms with Gasteiger partial charge in [0.2, 0.25) is 0 Å². The lowest BCUT2D eigenvalue weighted by Crippen LogP contribution is -2.20. The number of carbonyl (C=O) groups excluding carboxylic acids is 1. The van der Waals surface area contributed by atoms with Crippen LogP contribution in [0.5, 0.6) is 0 Å². The van der Waals surface area contributed by atoms with Crippen molar-refractivity contribution < 1.29 is 19.4 Å². The van der Waals surface area contributed by atoms with Gasteiger partial charge in [0.1, 0.15) is 11.9 Å². The van der Waals surface area contributed by atoms with Crippen molar-refractivity contribution in [1.82, 2.24) is 4.57 Å². The first kappa shape index (κ1) is 23.0. The Morgan fingerprint density at radius 3 is 2.21 bits per heavy atom. The van der Waals surface area contributed by atoms with E-state index >= 15 is 0 Å². The van der Waals surface area contributed by atoms with Gasteiger partial charge in [0.15, 0.2) is 0 Å². The summed E-state index contributed by atoms with van der Waals surface area (Å²) < 4.78 is 6.87. The Balaban J connectivity index is 1.49. The summed E-state index contributed by atoms with van der Waals surface area (Å²) in [6.45, 7) is 1.78. The minimum atomic E-state index is -0.874. The number of aliphatic carboxylic acids is 1. The molecule has 172 valence electrons. The summed E-state index contributed by atoms with van der Waals surface area (Å²) in [7, 11) is 0. The van der Waals surface area contributed by atoms with E-state index in [1.165, 1.54) is 4.57 Å². The lowest BCUT2D eigenvalue weighted by atomic mass is 10.0. The SMILES string of the molecule is CC(OC(=O)Nc1csc(=O)n1-c1ccc(-c2ccc(CC(=O)O)cc2)cc1)c1ccccc1. The molecule has 7 nitrogen and oxygen atoms in total. The molecule has 4 rings (SSSR count). The van der Waals surface area contributed by atoms with Crippen LogP contribution in [0.15, 0.2) is 89.0 Å². The van der Waals surface area contributed by atoms with Gasteiger partial charge >= 0.3 is 16.9 Å². The second-order valence-electron chi connectivity index (χ2n) is 7.62. The van der Waals surface area contributed by atoms with Crippen molar-refractivity contribution in [2.75, 3.05) is 5.32 Å². The molecule has 8 heteroatoms. The number of aromatic nitrogens is 1. The van der Waals surface area contributed by atoms with Crippen molar-refractivity contribution in [3.05, 3.63) is 105 Å². The molecule has 3 aromatic carbocycles. The van der Waals surface area contributed by atoms with E-state index < -0.39 is 18.2 Å². The summed E-state index contributed by atoms with van der Waals surface area (Å²) in [5.74, 6) is -0.549. The average Bonchev–Trinajstić information content (AvgIpc) is 3.19. The molecule has 34 heavy (non-hydrogen) atoms. The number of benzene rings is 3. The van der Waals surface area contributed by atoms with E-state index in [2.05, 4.69) is 5.32 Å². The topological polar surface area (TPSA) is 97.6 Å². The lowest BCUT2D eigenvalue weighted by Gasteiger charge is -2.15. The third kappa shape index (κ3) is 5.41. The van der Waals surface area contributed by atoms with Crippen LogP contribution < -0.4 is 10.2 Å². The number of carboxylic acid groups (broad SMARTS) is 1. The van der Waals surface area contributed by atoms with Gasteiger partial charge in [-0.15, -0.1) is 0 Å². The fourth-order valence-electron chi connectivity index (χ4n) is 3.52. The van der Waals surface area contributed by atoms with Gasteiger partial charge in [-0.05, 0) is 41.3 Å². The van der Waals surface area contributed by atoms with Crippen LogP contribution in [-0.4, -0.2) is 21.7 Å². The molecule has 0 aliphatic rings. The number of hydrogen-bond donors (Lipinski definition) is 2. The number of amides is 1. The Morgan fingerprint density at radius 1 is 0.971 bits per heavy atom. The molecule has 0 saturated carbocycles. The summed E-state index contributed by atoms with van der Waals surface area (Å²) in [4.78, 5) is 35.5. The number of nitrogens with zero attached hydrogens (tertiary/aromatic N) is 1. The highest BCUT2D eigenvalue weighted by molar-refractivity contribution is 7.07. The van der Waals surface area contributed by atoms with Gasteiger partial charge in [-0.2, -0.15) is 0 Å². The first-order chi connectivity index (χ1) is 16.4. The number of anilines is 1. The molecular weight excluding hydrogens is 452 g/mol. The molecule has 0 aliphatic heterocycles. The van der Waals surface area contributed by atoms with E-state index in [-0.39, 0.29) is 11.3 Å². The van der Waals surface area contributed by atoms with Crippen LogP contribution in [0.3, 0.4) is 0 Å².